The van der Waals surface area contributed by atoms with Gasteiger partial charge in [-0.15, -0.1) is 0 Å². The van der Waals surface area contributed by atoms with Gasteiger partial charge in [-0.1, -0.05) is 15.9 Å². The van der Waals surface area contributed by atoms with Gasteiger partial charge < -0.3 is 4.90 Å². The van der Waals surface area contributed by atoms with Crippen LogP contribution in [0.15, 0.2) is 22.7 Å². The zero-order valence-electron chi connectivity index (χ0n) is 9.04. The number of aryl methyl sites for hydroxylation is 1. The van der Waals surface area contributed by atoms with Crippen LogP contribution in [0.25, 0.3) is 0 Å². The smallest absolute Gasteiger partial charge is 0.254 e. The Bertz CT molecular complexity index is 421. The summed E-state index contributed by atoms with van der Waals surface area (Å²) in [5.74, 6) is -0.0647. The molecule has 4 heteroatoms. The summed E-state index contributed by atoms with van der Waals surface area (Å²) < 4.78 is 14.0. The average molecular weight is 286 g/mol. The molecule has 2 rings (SSSR count). The number of carbonyl (C=O) groups is 1. The number of nitrogens with zero attached hydrogens (tertiary/aromatic N) is 1. The van der Waals surface area contributed by atoms with Crippen LogP contribution >= 0.6 is 15.9 Å². The number of likely N-dealkylation sites (tertiary alicyclic amines) is 1. The second-order valence-corrected chi connectivity index (χ2v) is 5.01. The van der Waals surface area contributed by atoms with Gasteiger partial charge in [0.15, 0.2) is 0 Å². The Morgan fingerprint density at radius 1 is 1.56 bits per heavy atom. The quantitative estimate of drug-likeness (QED) is 0.777. The second-order valence-electron chi connectivity index (χ2n) is 4.10. The van der Waals surface area contributed by atoms with Gasteiger partial charge in [-0.3, -0.25) is 4.79 Å². The van der Waals surface area contributed by atoms with Crippen molar-refractivity contribution in [3.63, 3.8) is 0 Å². The van der Waals surface area contributed by atoms with E-state index in [1.54, 1.807) is 11.0 Å². The molecule has 1 aromatic rings. The highest BCUT2D eigenvalue weighted by molar-refractivity contribution is 9.10. The molecule has 1 aromatic carbocycles. The zero-order chi connectivity index (χ0) is 11.7. The number of rotatable bonds is 1. The molecule has 1 amide bonds. The lowest BCUT2D eigenvalue weighted by atomic mass is 10.1. The predicted molar refractivity (Wildman–Crippen MR) is 64.3 cm³/mol. The van der Waals surface area contributed by atoms with Crippen molar-refractivity contribution in [1.82, 2.24) is 4.90 Å². The Hall–Kier alpha value is -0.900. The summed E-state index contributed by atoms with van der Waals surface area (Å²) in [6.45, 7) is 2.64. The number of halogens is 2. The van der Waals surface area contributed by atoms with Crippen LogP contribution in [0, 0.1) is 6.92 Å². The first-order valence-electron chi connectivity index (χ1n) is 5.27. The molecule has 0 unspecified atom stereocenters. The van der Waals surface area contributed by atoms with E-state index in [9.17, 15) is 9.18 Å². The molecule has 2 nitrogen and oxygen atoms in total. The van der Waals surface area contributed by atoms with Gasteiger partial charge in [0.1, 0.15) is 6.17 Å². The fraction of sp³-hybridized carbons (Fsp3) is 0.417. The van der Waals surface area contributed by atoms with Crippen molar-refractivity contribution in [2.24, 2.45) is 0 Å². The van der Waals surface area contributed by atoms with Crippen molar-refractivity contribution in [2.45, 2.75) is 19.5 Å². The first kappa shape index (κ1) is 11.6. The van der Waals surface area contributed by atoms with Crippen molar-refractivity contribution in [1.29, 1.82) is 0 Å². The molecule has 0 spiro atoms. The van der Waals surface area contributed by atoms with E-state index in [2.05, 4.69) is 15.9 Å². The maximum atomic E-state index is 13.0. The summed E-state index contributed by atoms with van der Waals surface area (Å²) in [6.07, 6.45) is -0.402. The molecule has 1 aliphatic rings. The number of amides is 1. The van der Waals surface area contributed by atoms with Crippen LogP contribution < -0.4 is 0 Å². The summed E-state index contributed by atoms with van der Waals surface area (Å²) in [4.78, 5) is 13.7. The molecule has 1 fully saturated rings. The Kier molecular flexibility index (Phi) is 3.28. The molecular weight excluding hydrogens is 273 g/mol. The van der Waals surface area contributed by atoms with Crippen molar-refractivity contribution < 1.29 is 9.18 Å². The number of carbonyl (C=O) groups excluding carboxylic acids is 1. The maximum absolute atomic E-state index is 13.0. The lowest BCUT2D eigenvalue weighted by molar-refractivity contribution is 0.0782. The van der Waals surface area contributed by atoms with Gasteiger partial charge in [-0.05, 0) is 37.1 Å². The SMILES string of the molecule is Cc1cc(Br)ccc1C(=O)N1CC[C@@H](F)C1. The number of benzene rings is 1. The molecular formula is C12H13BrFNO. The van der Waals surface area contributed by atoms with E-state index in [0.717, 1.165) is 10.0 Å². The normalized spacial score (nSPS) is 20.2. The van der Waals surface area contributed by atoms with Crippen molar-refractivity contribution >= 4 is 21.8 Å². The van der Waals surface area contributed by atoms with Crippen LogP contribution in [0.2, 0.25) is 0 Å². The number of alkyl halides is 1. The molecule has 0 aliphatic carbocycles. The van der Waals surface area contributed by atoms with Gasteiger partial charge >= 0.3 is 0 Å². The minimum absolute atomic E-state index is 0.0647. The molecule has 86 valence electrons. The average Bonchev–Trinajstić information content (AvgIpc) is 2.64. The third-order valence-electron chi connectivity index (χ3n) is 2.84. The van der Waals surface area contributed by atoms with Gasteiger partial charge in [0.05, 0.1) is 6.54 Å². The molecule has 1 heterocycles. The van der Waals surface area contributed by atoms with Crippen LogP contribution in [-0.4, -0.2) is 30.1 Å². The van der Waals surface area contributed by atoms with E-state index in [0.29, 0.717) is 18.5 Å². The molecule has 1 saturated heterocycles. The van der Waals surface area contributed by atoms with Crippen LogP contribution in [-0.2, 0) is 0 Å². The van der Waals surface area contributed by atoms with Gasteiger partial charge in [0.25, 0.3) is 5.91 Å². The summed E-state index contributed by atoms with van der Waals surface area (Å²) in [6, 6.07) is 5.52. The molecule has 1 atom stereocenters. The van der Waals surface area contributed by atoms with E-state index >= 15 is 0 Å². The monoisotopic (exact) mass is 285 g/mol. The Balaban J connectivity index is 2.21. The zero-order valence-corrected chi connectivity index (χ0v) is 10.6. The van der Waals surface area contributed by atoms with Crippen LogP contribution in [0.1, 0.15) is 22.3 Å². The minimum atomic E-state index is -0.861. The fourth-order valence-electron chi connectivity index (χ4n) is 1.94. The topological polar surface area (TPSA) is 20.3 Å². The largest absolute Gasteiger partial charge is 0.336 e. The predicted octanol–water partition coefficient (Wildman–Crippen LogP) is 2.94. The van der Waals surface area contributed by atoms with Crippen LogP contribution in [0.3, 0.4) is 0 Å². The van der Waals surface area contributed by atoms with E-state index in [1.165, 1.54) is 0 Å². The van der Waals surface area contributed by atoms with Gasteiger partial charge in [0, 0.05) is 16.6 Å². The van der Waals surface area contributed by atoms with Crippen molar-refractivity contribution in [2.75, 3.05) is 13.1 Å². The second kappa shape index (κ2) is 4.53. The summed E-state index contributed by atoms with van der Waals surface area (Å²) in [5, 5.41) is 0. The van der Waals surface area contributed by atoms with Gasteiger partial charge in [0.2, 0.25) is 0 Å². The van der Waals surface area contributed by atoms with Crippen LogP contribution in [0.5, 0.6) is 0 Å². The fourth-order valence-corrected chi connectivity index (χ4v) is 2.42. The summed E-state index contributed by atoms with van der Waals surface area (Å²) in [5.41, 5.74) is 1.58. The standard InChI is InChI=1S/C12H13BrFNO/c1-8-6-9(13)2-3-11(8)12(16)15-5-4-10(14)7-15/h2-3,6,10H,4-5,7H2,1H3/t10-/m1/s1. The molecule has 0 radical (unpaired) electrons. The van der Waals surface area contributed by atoms with Crippen molar-refractivity contribution in [3.05, 3.63) is 33.8 Å². The Morgan fingerprint density at radius 3 is 2.88 bits per heavy atom. The third kappa shape index (κ3) is 2.26. The highest BCUT2D eigenvalue weighted by Gasteiger charge is 2.27. The summed E-state index contributed by atoms with van der Waals surface area (Å²) >= 11 is 3.35. The molecule has 1 aliphatic heterocycles. The highest BCUT2D eigenvalue weighted by atomic mass is 79.9. The lowest BCUT2D eigenvalue weighted by Crippen LogP contribution is -2.29. The molecule has 0 saturated carbocycles. The van der Waals surface area contributed by atoms with E-state index in [1.807, 2.05) is 19.1 Å². The summed E-state index contributed by atoms with van der Waals surface area (Å²) in [7, 11) is 0. The molecule has 0 N–H and O–H groups in total. The number of hydrogen-bond acceptors (Lipinski definition) is 1. The van der Waals surface area contributed by atoms with E-state index in [4.69, 9.17) is 0 Å². The van der Waals surface area contributed by atoms with E-state index in [-0.39, 0.29) is 12.5 Å². The molecule has 0 bridgehead atoms. The van der Waals surface area contributed by atoms with Gasteiger partial charge in [-0.25, -0.2) is 4.39 Å². The Labute approximate surface area is 103 Å². The van der Waals surface area contributed by atoms with Crippen LogP contribution in [0.4, 0.5) is 4.39 Å². The number of hydrogen-bond donors (Lipinski definition) is 0. The minimum Gasteiger partial charge on any atom is -0.336 e. The highest BCUT2D eigenvalue weighted by Crippen LogP contribution is 2.20. The Morgan fingerprint density at radius 2 is 2.31 bits per heavy atom. The first-order chi connectivity index (χ1) is 7.58. The lowest BCUT2D eigenvalue weighted by Gasteiger charge is -2.16. The first-order valence-corrected chi connectivity index (χ1v) is 6.06. The maximum Gasteiger partial charge on any atom is 0.254 e. The molecule has 16 heavy (non-hydrogen) atoms. The molecule has 0 aromatic heterocycles. The van der Waals surface area contributed by atoms with Crippen molar-refractivity contribution in [3.8, 4) is 0 Å². The van der Waals surface area contributed by atoms with Gasteiger partial charge in [-0.2, -0.15) is 0 Å². The third-order valence-corrected chi connectivity index (χ3v) is 3.33. The van der Waals surface area contributed by atoms with E-state index < -0.39 is 6.17 Å².